The van der Waals surface area contributed by atoms with Crippen molar-refractivity contribution >= 4 is 23.5 Å². The zero-order valence-electron chi connectivity index (χ0n) is 12.2. The van der Waals surface area contributed by atoms with E-state index in [9.17, 15) is 14.0 Å². The molecule has 0 unspecified atom stereocenters. The molecule has 0 aromatic heterocycles. The molecular weight excluding hydrogens is 321 g/mol. The van der Waals surface area contributed by atoms with Gasteiger partial charge >= 0.3 is 5.97 Å². The van der Waals surface area contributed by atoms with Gasteiger partial charge in [0.25, 0.3) is 5.91 Å². The van der Waals surface area contributed by atoms with E-state index in [1.807, 2.05) is 30.3 Å². The molecule has 1 N–H and O–H groups in total. The van der Waals surface area contributed by atoms with Crippen molar-refractivity contribution in [1.82, 2.24) is 5.32 Å². The number of hydrogen-bond acceptors (Lipinski definition) is 3. The van der Waals surface area contributed by atoms with E-state index < -0.39 is 24.3 Å². The third-order valence-electron chi connectivity index (χ3n) is 3.06. The Morgan fingerprint density at radius 3 is 2.61 bits per heavy atom. The number of benzene rings is 2. The van der Waals surface area contributed by atoms with Crippen LogP contribution < -0.4 is 5.32 Å². The van der Waals surface area contributed by atoms with Crippen molar-refractivity contribution in [3.63, 3.8) is 0 Å². The van der Waals surface area contributed by atoms with Gasteiger partial charge < -0.3 is 10.1 Å². The van der Waals surface area contributed by atoms with Crippen LogP contribution in [0.3, 0.4) is 0 Å². The first-order valence-electron chi connectivity index (χ1n) is 6.99. The van der Waals surface area contributed by atoms with Crippen LogP contribution in [0.5, 0.6) is 0 Å². The Hall–Kier alpha value is -2.40. The van der Waals surface area contributed by atoms with Crippen molar-refractivity contribution < 1.29 is 18.7 Å². The van der Waals surface area contributed by atoms with Crippen molar-refractivity contribution in [1.29, 1.82) is 0 Å². The fourth-order valence-electron chi connectivity index (χ4n) is 1.90. The average Bonchev–Trinajstić information content (AvgIpc) is 2.56. The highest BCUT2D eigenvalue weighted by atomic mass is 35.5. The monoisotopic (exact) mass is 335 g/mol. The lowest BCUT2D eigenvalue weighted by Crippen LogP contribution is -2.30. The number of carbonyl (C=O) groups is 2. The topological polar surface area (TPSA) is 55.4 Å². The summed E-state index contributed by atoms with van der Waals surface area (Å²) in [7, 11) is 0. The summed E-state index contributed by atoms with van der Waals surface area (Å²) < 4.78 is 17.9. The van der Waals surface area contributed by atoms with Crippen molar-refractivity contribution in [2.24, 2.45) is 0 Å². The maximum absolute atomic E-state index is 13.1. The van der Waals surface area contributed by atoms with Gasteiger partial charge in [0.15, 0.2) is 6.61 Å². The number of ether oxygens (including phenoxy) is 1. The first-order chi connectivity index (χ1) is 11.1. The molecule has 2 aromatic carbocycles. The molecule has 23 heavy (non-hydrogen) atoms. The van der Waals surface area contributed by atoms with Gasteiger partial charge in [-0.3, -0.25) is 4.79 Å². The predicted octanol–water partition coefficient (Wildman–Crippen LogP) is 2.99. The number of rotatable bonds is 6. The normalized spacial score (nSPS) is 10.2. The summed E-state index contributed by atoms with van der Waals surface area (Å²) in [5.74, 6) is -1.87. The van der Waals surface area contributed by atoms with E-state index in [-0.39, 0.29) is 10.6 Å². The summed E-state index contributed by atoms with van der Waals surface area (Å²) in [6, 6.07) is 13.0. The van der Waals surface area contributed by atoms with E-state index in [1.165, 1.54) is 6.07 Å². The summed E-state index contributed by atoms with van der Waals surface area (Å²) in [6.07, 6.45) is 0.677. The van der Waals surface area contributed by atoms with Crippen LogP contribution in [0.4, 0.5) is 4.39 Å². The fraction of sp³-hybridized carbons (Fsp3) is 0.176. The van der Waals surface area contributed by atoms with Gasteiger partial charge in [0.2, 0.25) is 0 Å². The quantitative estimate of drug-likeness (QED) is 0.826. The molecule has 2 rings (SSSR count). The van der Waals surface area contributed by atoms with E-state index in [4.69, 9.17) is 16.3 Å². The van der Waals surface area contributed by atoms with Gasteiger partial charge in [0, 0.05) is 6.54 Å². The first kappa shape index (κ1) is 17.0. The van der Waals surface area contributed by atoms with Crippen molar-refractivity contribution in [2.45, 2.75) is 6.42 Å². The van der Waals surface area contributed by atoms with Crippen molar-refractivity contribution in [2.75, 3.05) is 13.2 Å². The van der Waals surface area contributed by atoms with Crippen molar-refractivity contribution in [3.8, 4) is 0 Å². The molecule has 0 bridgehead atoms. The average molecular weight is 336 g/mol. The third kappa shape index (κ3) is 5.38. The van der Waals surface area contributed by atoms with Crippen LogP contribution >= 0.6 is 11.6 Å². The van der Waals surface area contributed by atoms with Crippen LogP contribution in [0.2, 0.25) is 5.02 Å². The van der Waals surface area contributed by atoms with Gasteiger partial charge in [-0.2, -0.15) is 0 Å². The number of nitrogens with one attached hydrogen (secondary N) is 1. The van der Waals surface area contributed by atoms with Crippen LogP contribution in [0, 0.1) is 5.82 Å². The van der Waals surface area contributed by atoms with Crippen LogP contribution in [0.25, 0.3) is 0 Å². The number of carbonyl (C=O) groups excluding carboxylic acids is 2. The van der Waals surface area contributed by atoms with Gasteiger partial charge in [-0.15, -0.1) is 0 Å². The van der Waals surface area contributed by atoms with Crippen LogP contribution in [-0.4, -0.2) is 25.0 Å². The smallest absolute Gasteiger partial charge is 0.340 e. The summed E-state index contributed by atoms with van der Waals surface area (Å²) in [4.78, 5) is 23.4. The van der Waals surface area contributed by atoms with E-state index in [0.29, 0.717) is 13.0 Å². The molecular formula is C17H15ClFNO3. The molecule has 0 aliphatic heterocycles. The number of halogens is 2. The molecule has 0 spiro atoms. The Labute approximate surface area is 138 Å². The second-order valence-electron chi connectivity index (χ2n) is 4.79. The third-order valence-corrected chi connectivity index (χ3v) is 3.39. The van der Waals surface area contributed by atoms with Gasteiger partial charge in [0.05, 0.1) is 10.6 Å². The second kappa shape index (κ2) is 8.29. The minimum absolute atomic E-state index is 0.0703. The zero-order valence-corrected chi connectivity index (χ0v) is 13.0. The molecule has 0 aliphatic rings. The Morgan fingerprint density at radius 1 is 1.13 bits per heavy atom. The molecule has 0 heterocycles. The van der Waals surface area contributed by atoms with Gasteiger partial charge in [-0.1, -0.05) is 41.9 Å². The lowest BCUT2D eigenvalue weighted by molar-refractivity contribution is -0.124. The highest BCUT2D eigenvalue weighted by molar-refractivity contribution is 6.33. The SMILES string of the molecule is O=C(COC(=O)c1cc(F)ccc1Cl)NCCc1ccccc1. The van der Waals surface area contributed by atoms with Gasteiger partial charge in [-0.25, -0.2) is 9.18 Å². The van der Waals surface area contributed by atoms with E-state index in [0.717, 1.165) is 17.7 Å². The molecule has 1 amide bonds. The predicted molar refractivity (Wildman–Crippen MR) is 84.8 cm³/mol. The van der Waals surface area contributed by atoms with E-state index in [1.54, 1.807) is 0 Å². The highest BCUT2D eigenvalue weighted by Gasteiger charge is 2.14. The van der Waals surface area contributed by atoms with Gasteiger partial charge in [0.1, 0.15) is 5.82 Å². The molecule has 0 saturated carbocycles. The summed E-state index contributed by atoms with van der Waals surface area (Å²) >= 11 is 5.79. The second-order valence-corrected chi connectivity index (χ2v) is 5.19. The summed E-state index contributed by atoms with van der Waals surface area (Å²) in [6.45, 7) is -0.0123. The van der Waals surface area contributed by atoms with Gasteiger partial charge in [-0.05, 0) is 30.2 Å². The number of amides is 1. The van der Waals surface area contributed by atoms with Crippen LogP contribution in [0.15, 0.2) is 48.5 Å². The zero-order chi connectivity index (χ0) is 16.7. The number of esters is 1. The Balaban J connectivity index is 1.75. The molecule has 120 valence electrons. The summed E-state index contributed by atoms with van der Waals surface area (Å²) in [5, 5.41) is 2.71. The number of hydrogen-bond donors (Lipinski definition) is 1. The molecule has 0 radical (unpaired) electrons. The fourth-order valence-corrected chi connectivity index (χ4v) is 2.10. The first-order valence-corrected chi connectivity index (χ1v) is 7.37. The molecule has 0 fully saturated rings. The molecule has 0 saturated heterocycles. The molecule has 6 heteroatoms. The van der Waals surface area contributed by atoms with E-state index >= 15 is 0 Å². The Morgan fingerprint density at radius 2 is 1.87 bits per heavy atom. The standard InChI is InChI=1S/C17H15ClFNO3/c18-15-7-6-13(19)10-14(15)17(22)23-11-16(21)20-9-8-12-4-2-1-3-5-12/h1-7,10H,8-9,11H2,(H,20,21). The summed E-state index contributed by atoms with van der Waals surface area (Å²) in [5.41, 5.74) is 0.986. The lowest BCUT2D eigenvalue weighted by atomic mass is 10.1. The maximum Gasteiger partial charge on any atom is 0.340 e. The molecule has 0 atom stereocenters. The highest BCUT2D eigenvalue weighted by Crippen LogP contribution is 2.17. The molecule has 2 aromatic rings. The molecule has 4 nitrogen and oxygen atoms in total. The minimum atomic E-state index is -0.840. The van der Waals surface area contributed by atoms with Crippen LogP contribution in [-0.2, 0) is 16.0 Å². The molecule has 0 aliphatic carbocycles. The maximum atomic E-state index is 13.1. The lowest BCUT2D eigenvalue weighted by Gasteiger charge is -2.07. The van der Waals surface area contributed by atoms with Crippen LogP contribution in [0.1, 0.15) is 15.9 Å². The Kier molecular flexibility index (Phi) is 6.11. The van der Waals surface area contributed by atoms with Crippen molar-refractivity contribution in [3.05, 3.63) is 70.5 Å². The minimum Gasteiger partial charge on any atom is -0.452 e. The Bertz CT molecular complexity index is 691. The van der Waals surface area contributed by atoms with E-state index in [2.05, 4.69) is 5.32 Å². The largest absolute Gasteiger partial charge is 0.452 e.